The number of hydrogen-bond donors (Lipinski definition) is 1. The van der Waals surface area contributed by atoms with Crippen molar-refractivity contribution < 1.29 is 9.84 Å². The molecule has 0 aromatic carbocycles. The van der Waals surface area contributed by atoms with Crippen molar-refractivity contribution in [2.75, 3.05) is 38.6 Å². The molecule has 1 saturated carbocycles. The molecule has 0 spiro atoms. The Balaban J connectivity index is 1.54. The summed E-state index contributed by atoms with van der Waals surface area (Å²) in [5, 5.41) is 11.4. The lowest BCUT2D eigenvalue weighted by Gasteiger charge is -2.28. The summed E-state index contributed by atoms with van der Waals surface area (Å²) in [6, 6.07) is 0.638. The Morgan fingerprint density at radius 1 is 1.36 bits per heavy atom. The molecule has 6 heteroatoms. The van der Waals surface area contributed by atoms with Gasteiger partial charge in [-0.05, 0) is 18.8 Å². The molecule has 1 aliphatic heterocycles. The van der Waals surface area contributed by atoms with Crippen molar-refractivity contribution in [2.45, 2.75) is 49.9 Å². The predicted molar refractivity (Wildman–Crippen MR) is 88.6 cm³/mol. The summed E-state index contributed by atoms with van der Waals surface area (Å²) in [5.41, 5.74) is 1.33. The fourth-order valence-corrected chi connectivity index (χ4v) is 3.86. The minimum absolute atomic E-state index is 0.310. The lowest BCUT2D eigenvalue weighted by atomic mass is 10.1. The maximum absolute atomic E-state index is 10.3. The van der Waals surface area contributed by atoms with Crippen molar-refractivity contribution in [3.8, 4) is 0 Å². The maximum Gasteiger partial charge on any atom is 0.168 e. The number of ether oxygens (including phenoxy) is 1. The molecule has 124 valence electrons. The van der Waals surface area contributed by atoms with E-state index in [0.717, 1.165) is 38.0 Å². The van der Waals surface area contributed by atoms with Crippen LogP contribution < -0.4 is 0 Å². The molecular formula is C16H27N3O2S. The fourth-order valence-electron chi connectivity index (χ4n) is 2.90. The zero-order valence-corrected chi connectivity index (χ0v) is 14.4. The van der Waals surface area contributed by atoms with Crippen molar-refractivity contribution >= 4 is 11.8 Å². The molecule has 1 atom stereocenters. The number of morpholine rings is 1. The first kappa shape index (κ1) is 16.3. The van der Waals surface area contributed by atoms with Crippen LogP contribution in [-0.2, 0) is 4.74 Å². The summed E-state index contributed by atoms with van der Waals surface area (Å²) in [7, 11) is 0. The highest BCUT2D eigenvalue weighted by molar-refractivity contribution is 7.99. The van der Waals surface area contributed by atoms with Gasteiger partial charge in [0, 0.05) is 43.3 Å². The second-order valence-corrected chi connectivity index (χ2v) is 7.59. The van der Waals surface area contributed by atoms with Gasteiger partial charge in [-0.3, -0.25) is 4.90 Å². The van der Waals surface area contributed by atoms with E-state index in [1.807, 2.05) is 6.20 Å². The van der Waals surface area contributed by atoms with E-state index in [1.54, 1.807) is 11.8 Å². The second-order valence-electron chi connectivity index (χ2n) is 6.60. The van der Waals surface area contributed by atoms with Crippen molar-refractivity contribution in [1.29, 1.82) is 0 Å². The Hall–Kier alpha value is -0.560. The van der Waals surface area contributed by atoms with Crippen LogP contribution >= 0.6 is 11.8 Å². The van der Waals surface area contributed by atoms with Crippen molar-refractivity contribution in [3.05, 3.63) is 11.9 Å². The monoisotopic (exact) mass is 325 g/mol. The van der Waals surface area contributed by atoms with Gasteiger partial charge in [0.1, 0.15) is 0 Å². The molecule has 3 rings (SSSR count). The van der Waals surface area contributed by atoms with E-state index in [-0.39, 0.29) is 6.10 Å². The number of aromatic nitrogens is 2. The Bertz CT molecular complexity index is 482. The van der Waals surface area contributed by atoms with E-state index in [0.29, 0.717) is 17.7 Å². The molecule has 2 fully saturated rings. The molecule has 1 aromatic heterocycles. The minimum atomic E-state index is -0.310. The third kappa shape index (κ3) is 4.04. The molecule has 1 saturated heterocycles. The molecule has 0 bridgehead atoms. The first-order chi connectivity index (χ1) is 10.6. The highest BCUT2D eigenvalue weighted by Gasteiger charge is 2.29. The fraction of sp³-hybridized carbons (Fsp3) is 0.812. The van der Waals surface area contributed by atoms with E-state index < -0.39 is 0 Å². The van der Waals surface area contributed by atoms with Crippen LogP contribution in [0.4, 0.5) is 0 Å². The van der Waals surface area contributed by atoms with Gasteiger partial charge in [0.25, 0.3) is 0 Å². The molecule has 1 aliphatic carbocycles. The van der Waals surface area contributed by atoms with Crippen LogP contribution in [0, 0.1) is 0 Å². The van der Waals surface area contributed by atoms with E-state index in [1.165, 1.54) is 18.5 Å². The quantitative estimate of drug-likeness (QED) is 0.778. The minimum Gasteiger partial charge on any atom is -0.391 e. The van der Waals surface area contributed by atoms with Crippen LogP contribution in [0.2, 0.25) is 0 Å². The average Bonchev–Trinajstić information content (AvgIpc) is 3.25. The Morgan fingerprint density at radius 2 is 2.09 bits per heavy atom. The van der Waals surface area contributed by atoms with Crippen molar-refractivity contribution in [2.24, 2.45) is 0 Å². The van der Waals surface area contributed by atoms with Gasteiger partial charge in [-0.15, -0.1) is 0 Å². The molecule has 5 nitrogen and oxygen atoms in total. The first-order valence-electron chi connectivity index (χ1n) is 8.33. The van der Waals surface area contributed by atoms with Crippen LogP contribution in [0.25, 0.3) is 0 Å². The van der Waals surface area contributed by atoms with Gasteiger partial charge in [-0.2, -0.15) is 0 Å². The third-order valence-electron chi connectivity index (χ3n) is 4.27. The summed E-state index contributed by atoms with van der Waals surface area (Å²) in [4.78, 5) is 6.88. The molecule has 1 unspecified atom stereocenters. The number of aliphatic hydroxyl groups is 1. The van der Waals surface area contributed by atoms with Crippen molar-refractivity contribution in [3.63, 3.8) is 0 Å². The van der Waals surface area contributed by atoms with Gasteiger partial charge in [-0.1, -0.05) is 25.6 Å². The Labute approximate surface area is 137 Å². The molecule has 0 radical (unpaired) electrons. The van der Waals surface area contributed by atoms with Crippen LogP contribution in [-0.4, -0.2) is 64.3 Å². The number of nitrogens with zero attached hydrogens (tertiary/aromatic N) is 3. The zero-order chi connectivity index (χ0) is 15.5. The van der Waals surface area contributed by atoms with Crippen LogP contribution in [0.15, 0.2) is 11.4 Å². The van der Waals surface area contributed by atoms with E-state index >= 15 is 0 Å². The van der Waals surface area contributed by atoms with Gasteiger partial charge in [0.05, 0.1) is 19.3 Å². The van der Waals surface area contributed by atoms with E-state index in [2.05, 4.69) is 28.3 Å². The van der Waals surface area contributed by atoms with Crippen LogP contribution in [0.3, 0.4) is 0 Å². The largest absolute Gasteiger partial charge is 0.391 e. The van der Waals surface area contributed by atoms with E-state index in [9.17, 15) is 5.11 Å². The first-order valence-corrected chi connectivity index (χ1v) is 9.31. The average molecular weight is 325 g/mol. The smallest absolute Gasteiger partial charge is 0.168 e. The summed E-state index contributed by atoms with van der Waals surface area (Å²) in [5.74, 6) is 1.21. The van der Waals surface area contributed by atoms with Crippen molar-refractivity contribution in [1.82, 2.24) is 14.5 Å². The van der Waals surface area contributed by atoms with E-state index in [4.69, 9.17) is 4.74 Å². The van der Waals surface area contributed by atoms with Gasteiger partial charge < -0.3 is 14.4 Å². The normalized spacial score (nSPS) is 21.5. The number of hydrogen-bond acceptors (Lipinski definition) is 5. The Morgan fingerprint density at radius 3 is 2.73 bits per heavy atom. The summed E-state index contributed by atoms with van der Waals surface area (Å²) >= 11 is 1.69. The standard InChI is InChI=1S/C16H27N3O2S/c1-12(2)15-9-17-16(19(15)13-3-4-13)22-11-14(20)10-18-5-7-21-8-6-18/h9,12-14,20H,3-8,10-11H2,1-2H3. The van der Waals surface area contributed by atoms with Gasteiger partial charge in [0.15, 0.2) is 5.16 Å². The topological polar surface area (TPSA) is 50.5 Å². The predicted octanol–water partition coefficient (Wildman–Crippen LogP) is 2.13. The summed E-state index contributed by atoms with van der Waals surface area (Å²) in [6.45, 7) is 8.59. The van der Waals surface area contributed by atoms with Gasteiger partial charge in [0.2, 0.25) is 0 Å². The molecule has 22 heavy (non-hydrogen) atoms. The maximum atomic E-state index is 10.3. The van der Waals surface area contributed by atoms with Crippen LogP contribution in [0.5, 0.6) is 0 Å². The molecular weight excluding hydrogens is 298 g/mol. The summed E-state index contributed by atoms with van der Waals surface area (Å²) < 4.78 is 7.74. The van der Waals surface area contributed by atoms with Gasteiger partial charge >= 0.3 is 0 Å². The zero-order valence-electron chi connectivity index (χ0n) is 13.6. The molecule has 2 heterocycles. The number of rotatable bonds is 7. The summed E-state index contributed by atoms with van der Waals surface area (Å²) in [6.07, 6.45) is 4.23. The lowest BCUT2D eigenvalue weighted by molar-refractivity contribution is 0.0188. The number of imidazole rings is 1. The highest BCUT2D eigenvalue weighted by Crippen LogP contribution is 2.40. The number of thioether (sulfide) groups is 1. The highest BCUT2D eigenvalue weighted by atomic mass is 32.2. The molecule has 2 aliphatic rings. The molecule has 1 aromatic rings. The number of β-amino-alcohol motifs (C(OH)–C–C–N with tert-alkyl or cyclic N) is 1. The second kappa shape index (κ2) is 7.34. The Kier molecular flexibility index (Phi) is 5.44. The molecule has 0 amide bonds. The van der Waals surface area contributed by atoms with Crippen LogP contribution in [0.1, 0.15) is 44.3 Å². The third-order valence-corrected chi connectivity index (χ3v) is 5.38. The van der Waals surface area contributed by atoms with Gasteiger partial charge in [-0.25, -0.2) is 4.98 Å². The number of aliphatic hydroxyl groups excluding tert-OH is 1. The molecule has 1 N–H and O–H groups in total. The lowest BCUT2D eigenvalue weighted by Crippen LogP contribution is -2.41. The SMILES string of the molecule is CC(C)c1cnc(SCC(O)CN2CCOCC2)n1C1CC1.